The van der Waals surface area contributed by atoms with Gasteiger partial charge in [0.15, 0.2) is 0 Å². The third kappa shape index (κ3) is 6.36. The van der Waals surface area contributed by atoms with Crippen molar-refractivity contribution in [3.05, 3.63) is 92.1 Å². The average Bonchev–Trinajstić information content (AvgIpc) is 2.71. The van der Waals surface area contributed by atoms with Crippen LogP contribution in [0.2, 0.25) is 5.02 Å². The van der Waals surface area contributed by atoms with Crippen molar-refractivity contribution in [3.63, 3.8) is 0 Å². The minimum Gasteiger partial charge on any atom is -0.322 e. The Bertz CT molecular complexity index is 1190. The van der Waals surface area contributed by atoms with Crippen molar-refractivity contribution in [2.45, 2.75) is 11.4 Å². The van der Waals surface area contributed by atoms with Crippen LogP contribution in [-0.2, 0) is 21.4 Å². The van der Waals surface area contributed by atoms with E-state index in [2.05, 4.69) is 37.2 Å². The van der Waals surface area contributed by atoms with E-state index < -0.39 is 28.3 Å². The summed E-state index contributed by atoms with van der Waals surface area (Å²) in [5, 5.41) is 2.82. The maximum atomic E-state index is 14.1. The molecule has 0 heterocycles. The summed E-state index contributed by atoms with van der Waals surface area (Å²) in [4.78, 5) is 12.6. The second kappa shape index (κ2) is 10.2. The van der Waals surface area contributed by atoms with Gasteiger partial charge in [-0.3, -0.25) is 4.79 Å². The Labute approximate surface area is 201 Å². The predicted molar refractivity (Wildman–Crippen MR) is 126 cm³/mol. The molecule has 0 aromatic heterocycles. The van der Waals surface area contributed by atoms with Crippen molar-refractivity contribution in [2.24, 2.45) is 0 Å². The van der Waals surface area contributed by atoms with Crippen LogP contribution in [0.5, 0.6) is 0 Å². The molecule has 3 aromatic rings. The lowest BCUT2D eigenvalue weighted by molar-refractivity contribution is -0.116. The van der Waals surface area contributed by atoms with Gasteiger partial charge in [0.05, 0.1) is 17.1 Å². The van der Waals surface area contributed by atoms with E-state index in [9.17, 15) is 17.6 Å². The van der Waals surface area contributed by atoms with Crippen LogP contribution < -0.4 is 5.32 Å². The van der Waals surface area contributed by atoms with Gasteiger partial charge in [0, 0.05) is 20.5 Å². The highest BCUT2D eigenvalue weighted by atomic mass is 79.9. The number of rotatable bonds is 7. The highest BCUT2D eigenvalue weighted by molar-refractivity contribution is 9.10. The van der Waals surface area contributed by atoms with Crippen LogP contribution in [0.3, 0.4) is 0 Å². The summed E-state index contributed by atoms with van der Waals surface area (Å²) in [6, 6.07) is 16.9. The number of anilines is 1. The Kier molecular flexibility index (Phi) is 7.87. The molecule has 0 fully saturated rings. The second-order valence-corrected chi connectivity index (χ2v) is 10.7. The number of amides is 1. The molecule has 1 amide bonds. The van der Waals surface area contributed by atoms with E-state index in [0.29, 0.717) is 15.1 Å². The molecule has 0 aliphatic heterocycles. The van der Waals surface area contributed by atoms with Crippen LogP contribution in [0.15, 0.2) is 80.6 Å². The molecule has 10 heteroatoms. The van der Waals surface area contributed by atoms with Crippen molar-refractivity contribution < 1.29 is 17.6 Å². The molecule has 3 rings (SSSR count). The number of nitrogens with one attached hydrogen (secondary N) is 1. The minimum atomic E-state index is -4.03. The van der Waals surface area contributed by atoms with Gasteiger partial charge >= 0.3 is 0 Å². The van der Waals surface area contributed by atoms with Crippen LogP contribution >= 0.6 is 43.5 Å². The third-order valence-corrected chi connectivity index (χ3v) is 7.33. The molecule has 0 aliphatic carbocycles. The maximum absolute atomic E-state index is 14.1. The first-order chi connectivity index (χ1) is 14.6. The van der Waals surface area contributed by atoms with Gasteiger partial charge in [-0.25, -0.2) is 12.8 Å². The fourth-order valence-electron chi connectivity index (χ4n) is 2.72. The van der Waals surface area contributed by atoms with Crippen LogP contribution in [-0.4, -0.2) is 25.2 Å². The smallest absolute Gasteiger partial charge is 0.243 e. The number of hydrogen-bond acceptors (Lipinski definition) is 3. The van der Waals surface area contributed by atoms with Gasteiger partial charge in [0.1, 0.15) is 5.82 Å². The van der Waals surface area contributed by atoms with Crippen LogP contribution in [0, 0.1) is 5.82 Å². The van der Waals surface area contributed by atoms with E-state index in [-0.39, 0.29) is 17.1 Å². The summed E-state index contributed by atoms with van der Waals surface area (Å²) in [6.45, 7) is -0.551. The highest BCUT2D eigenvalue weighted by Gasteiger charge is 2.27. The van der Waals surface area contributed by atoms with Gasteiger partial charge in [0.2, 0.25) is 15.9 Å². The van der Waals surface area contributed by atoms with Crippen molar-refractivity contribution in [2.75, 3.05) is 11.9 Å². The zero-order chi connectivity index (χ0) is 22.6. The summed E-state index contributed by atoms with van der Waals surface area (Å²) < 4.78 is 42.9. The van der Waals surface area contributed by atoms with Crippen LogP contribution in [0.4, 0.5) is 10.1 Å². The number of sulfonamides is 1. The molecule has 0 unspecified atom stereocenters. The Hall–Kier alpha value is -1.78. The van der Waals surface area contributed by atoms with Crippen LogP contribution in [0.25, 0.3) is 0 Å². The molecular formula is C21H16Br2ClFN2O3S. The molecule has 0 saturated carbocycles. The molecule has 0 atom stereocenters. The Morgan fingerprint density at radius 3 is 2.19 bits per heavy atom. The molecule has 0 spiro atoms. The normalized spacial score (nSPS) is 11.5. The standard InChI is InChI=1S/C21H16Br2ClFN2O3S/c22-15-3-1-14(2-4-15)12-27(31(29,30)18-8-6-17(24)7-9-18)13-21(28)26-20-10-5-16(23)11-19(20)25/h1-11H,12-13H2,(H,26,28). The van der Waals surface area contributed by atoms with Gasteiger partial charge in [-0.15, -0.1) is 0 Å². The lowest BCUT2D eigenvalue weighted by atomic mass is 10.2. The molecule has 0 radical (unpaired) electrons. The third-order valence-electron chi connectivity index (χ3n) is 4.25. The first kappa shape index (κ1) is 23.9. The number of carbonyl (C=O) groups excluding carboxylic acids is 1. The maximum Gasteiger partial charge on any atom is 0.243 e. The molecule has 0 bridgehead atoms. The van der Waals surface area contributed by atoms with Crippen molar-refractivity contribution in [1.29, 1.82) is 0 Å². The second-order valence-electron chi connectivity index (χ2n) is 6.53. The molecular weight excluding hydrogens is 575 g/mol. The van der Waals surface area contributed by atoms with Crippen molar-refractivity contribution >= 4 is 65.1 Å². The average molecular weight is 591 g/mol. The van der Waals surface area contributed by atoms with Gasteiger partial charge in [-0.2, -0.15) is 4.31 Å². The first-order valence-electron chi connectivity index (χ1n) is 8.90. The van der Waals surface area contributed by atoms with Crippen molar-refractivity contribution in [1.82, 2.24) is 4.31 Å². The summed E-state index contributed by atoms with van der Waals surface area (Å²) >= 11 is 12.4. The van der Waals surface area contributed by atoms with Gasteiger partial charge in [-0.1, -0.05) is 55.6 Å². The molecule has 162 valence electrons. The fourth-order valence-corrected chi connectivity index (χ4v) is 4.82. The molecule has 0 aliphatic rings. The Balaban J connectivity index is 1.88. The summed E-state index contributed by atoms with van der Waals surface area (Å²) in [6.07, 6.45) is 0. The molecule has 31 heavy (non-hydrogen) atoms. The van der Waals surface area contributed by atoms with Gasteiger partial charge < -0.3 is 5.32 Å². The number of hydrogen-bond donors (Lipinski definition) is 1. The van der Waals surface area contributed by atoms with Gasteiger partial charge in [-0.05, 0) is 60.2 Å². The summed E-state index contributed by atoms with van der Waals surface area (Å²) in [5.41, 5.74) is 0.643. The zero-order valence-corrected chi connectivity index (χ0v) is 20.6. The molecule has 5 nitrogen and oxygen atoms in total. The number of nitrogens with zero attached hydrogens (tertiary/aromatic N) is 1. The molecule has 3 aromatic carbocycles. The molecule has 0 saturated heterocycles. The SMILES string of the molecule is O=C(CN(Cc1ccc(Br)cc1)S(=O)(=O)c1ccc(Cl)cc1)Nc1ccc(Br)cc1F. The quantitative estimate of drug-likeness (QED) is 0.377. The largest absolute Gasteiger partial charge is 0.322 e. The predicted octanol–water partition coefficient (Wildman–Crippen LogP) is 5.83. The van der Waals surface area contributed by atoms with Crippen molar-refractivity contribution in [3.8, 4) is 0 Å². The first-order valence-corrected chi connectivity index (χ1v) is 12.3. The van der Waals surface area contributed by atoms with E-state index >= 15 is 0 Å². The van der Waals surface area contributed by atoms with E-state index in [1.807, 2.05) is 0 Å². The summed E-state index contributed by atoms with van der Waals surface area (Å²) in [7, 11) is -4.03. The monoisotopic (exact) mass is 588 g/mol. The minimum absolute atomic E-state index is 0.00312. The number of benzene rings is 3. The lowest BCUT2D eigenvalue weighted by Gasteiger charge is -2.22. The Morgan fingerprint density at radius 1 is 0.968 bits per heavy atom. The summed E-state index contributed by atoms with van der Waals surface area (Å²) in [5.74, 6) is -1.31. The topological polar surface area (TPSA) is 66.5 Å². The number of carbonyl (C=O) groups is 1. The van der Waals surface area contributed by atoms with Crippen LogP contribution in [0.1, 0.15) is 5.56 Å². The molecule has 1 N–H and O–H groups in total. The van der Waals surface area contributed by atoms with E-state index in [4.69, 9.17) is 11.6 Å². The van der Waals surface area contributed by atoms with E-state index in [1.165, 1.54) is 36.4 Å². The number of halogens is 4. The van der Waals surface area contributed by atoms with E-state index in [1.54, 1.807) is 30.3 Å². The highest BCUT2D eigenvalue weighted by Crippen LogP contribution is 2.23. The zero-order valence-electron chi connectivity index (χ0n) is 15.9. The Morgan fingerprint density at radius 2 is 1.58 bits per heavy atom. The fraction of sp³-hybridized carbons (Fsp3) is 0.0952. The lowest BCUT2D eigenvalue weighted by Crippen LogP contribution is -2.37. The van der Waals surface area contributed by atoms with Gasteiger partial charge in [0.25, 0.3) is 0 Å². The van der Waals surface area contributed by atoms with E-state index in [0.717, 1.165) is 8.78 Å².